The fourth-order valence-electron chi connectivity index (χ4n) is 3.06. The molecule has 164 valence electrons. The van der Waals surface area contributed by atoms with Gasteiger partial charge in [0.05, 0.1) is 5.56 Å². The van der Waals surface area contributed by atoms with Crippen molar-refractivity contribution < 1.29 is 27.5 Å². The number of ether oxygens (including phenoxy) is 1. The summed E-state index contributed by atoms with van der Waals surface area (Å²) in [4.78, 5) is 28.0. The van der Waals surface area contributed by atoms with Crippen LogP contribution in [-0.2, 0) is 22.9 Å². The molecule has 1 aromatic heterocycles. The van der Waals surface area contributed by atoms with Crippen LogP contribution in [0.1, 0.15) is 85.0 Å². The van der Waals surface area contributed by atoms with Gasteiger partial charge in [0.15, 0.2) is 5.69 Å². The Balaban J connectivity index is 2.63. The second-order valence-corrected chi connectivity index (χ2v) is 9.24. The van der Waals surface area contributed by atoms with Crippen molar-refractivity contribution in [1.29, 1.82) is 0 Å². The number of benzene rings is 1. The Kier molecular flexibility index (Phi) is 6.21. The number of alkyl halides is 3. The molecule has 5 nitrogen and oxygen atoms in total. The smallest absolute Gasteiger partial charge is 0.416 e. The highest BCUT2D eigenvalue weighted by Crippen LogP contribution is 2.34. The van der Waals surface area contributed by atoms with Gasteiger partial charge in [-0.1, -0.05) is 32.9 Å². The minimum absolute atomic E-state index is 0.0187. The summed E-state index contributed by atoms with van der Waals surface area (Å²) in [6, 6.07) is 3.46. The van der Waals surface area contributed by atoms with Gasteiger partial charge in [-0.05, 0) is 39.3 Å². The second kappa shape index (κ2) is 7.89. The lowest BCUT2D eigenvalue weighted by atomic mass is 9.95. The Labute approximate surface area is 174 Å². The predicted molar refractivity (Wildman–Crippen MR) is 107 cm³/mol. The van der Waals surface area contributed by atoms with Gasteiger partial charge in [0.1, 0.15) is 17.7 Å². The molecule has 8 heteroatoms. The summed E-state index contributed by atoms with van der Waals surface area (Å²) < 4.78 is 47.8. The van der Waals surface area contributed by atoms with E-state index in [2.05, 4.69) is 4.98 Å². The molecule has 0 amide bonds. The number of esters is 1. The third-order valence-electron chi connectivity index (χ3n) is 4.39. The molecule has 0 saturated carbocycles. The second-order valence-electron chi connectivity index (χ2n) is 9.24. The van der Waals surface area contributed by atoms with Crippen LogP contribution in [0.3, 0.4) is 0 Å². The zero-order chi connectivity index (χ0) is 23.1. The summed E-state index contributed by atoms with van der Waals surface area (Å²) in [5, 5.41) is 0. The number of imidazole rings is 1. The summed E-state index contributed by atoms with van der Waals surface area (Å²) in [6.07, 6.45) is -4.25. The lowest BCUT2D eigenvalue weighted by Gasteiger charge is -2.22. The van der Waals surface area contributed by atoms with Crippen LogP contribution in [0.2, 0.25) is 0 Å². The molecule has 0 spiro atoms. The monoisotopic (exact) mass is 424 g/mol. The van der Waals surface area contributed by atoms with Gasteiger partial charge in [-0.2, -0.15) is 13.2 Å². The summed E-state index contributed by atoms with van der Waals surface area (Å²) in [6.45, 7) is 12.3. The number of carbonyl (C=O) groups is 2. The van der Waals surface area contributed by atoms with Crippen molar-refractivity contribution in [1.82, 2.24) is 9.55 Å². The first-order valence-electron chi connectivity index (χ1n) is 9.51. The van der Waals surface area contributed by atoms with Gasteiger partial charge in [0.25, 0.3) is 0 Å². The maximum atomic E-state index is 13.6. The minimum atomic E-state index is -4.63. The van der Waals surface area contributed by atoms with Crippen LogP contribution in [0, 0.1) is 6.92 Å². The first-order chi connectivity index (χ1) is 13.5. The lowest BCUT2D eigenvalue weighted by Crippen LogP contribution is -2.24. The number of aromatic nitrogens is 2. The molecule has 1 aromatic carbocycles. The zero-order valence-electron chi connectivity index (χ0n) is 18.3. The Morgan fingerprint density at radius 2 is 1.73 bits per heavy atom. The zero-order valence-corrected chi connectivity index (χ0v) is 18.3. The van der Waals surface area contributed by atoms with Crippen LogP contribution in [0.25, 0.3) is 0 Å². The molecule has 1 heterocycles. The number of hydrogen-bond donors (Lipinski definition) is 0. The third-order valence-corrected chi connectivity index (χ3v) is 4.39. The van der Waals surface area contributed by atoms with Crippen LogP contribution in [0.4, 0.5) is 13.2 Å². The molecule has 0 N–H and O–H groups in total. The summed E-state index contributed by atoms with van der Waals surface area (Å²) >= 11 is 0. The average molecular weight is 424 g/mol. The Morgan fingerprint density at radius 3 is 2.20 bits per heavy atom. The van der Waals surface area contributed by atoms with Gasteiger partial charge >= 0.3 is 12.1 Å². The molecular formula is C22H27F3N2O3. The molecule has 0 aliphatic carbocycles. The molecule has 0 radical (unpaired) electrons. The van der Waals surface area contributed by atoms with E-state index in [-0.39, 0.29) is 23.4 Å². The quantitative estimate of drug-likeness (QED) is 0.492. The van der Waals surface area contributed by atoms with Gasteiger partial charge in [0.2, 0.25) is 0 Å². The van der Waals surface area contributed by atoms with Crippen LogP contribution in [0.5, 0.6) is 0 Å². The van der Waals surface area contributed by atoms with E-state index in [1.165, 1.54) is 12.1 Å². The first-order valence-corrected chi connectivity index (χ1v) is 9.51. The molecule has 2 rings (SSSR count). The minimum Gasteiger partial charge on any atom is -0.455 e. The van der Waals surface area contributed by atoms with Crippen molar-refractivity contribution in [2.24, 2.45) is 0 Å². The number of rotatable bonds is 4. The van der Waals surface area contributed by atoms with Crippen molar-refractivity contribution in [3.63, 3.8) is 0 Å². The standard InChI is InChI=1S/C22H27F3N2O3/c1-13-17(18(29)30-21(5,6)7)26-19(20(2,3)4)27(13)11-15-9-8-14(12-28)10-16(15)22(23,24)25/h8-10,12H,11H2,1-7H3. The number of nitrogens with zero attached hydrogens (tertiary/aromatic N) is 2. The van der Waals surface area contributed by atoms with Crippen LogP contribution < -0.4 is 0 Å². The summed E-state index contributed by atoms with van der Waals surface area (Å²) in [5.41, 5.74) is -1.74. The molecule has 0 aliphatic rings. The van der Waals surface area contributed by atoms with Crippen molar-refractivity contribution in [2.45, 2.75) is 72.2 Å². The van der Waals surface area contributed by atoms with Crippen LogP contribution in [-0.4, -0.2) is 27.4 Å². The normalized spacial score (nSPS) is 12.7. The predicted octanol–water partition coefficient (Wildman–Crippen LogP) is 5.32. The van der Waals surface area contributed by atoms with Gasteiger partial charge in [-0.3, -0.25) is 4.79 Å². The van der Waals surface area contributed by atoms with Crippen molar-refractivity contribution in [3.8, 4) is 0 Å². The Bertz CT molecular complexity index is 962. The van der Waals surface area contributed by atoms with E-state index in [9.17, 15) is 22.8 Å². The maximum Gasteiger partial charge on any atom is 0.416 e. The lowest BCUT2D eigenvalue weighted by molar-refractivity contribution is -0.138. The molecule has 2 aromatic rings. The van der Waals surface area contributed by atoms with E-state index < -0.39 is 28.7 Å². The third kappa shape index (κ3) is 5.29. The SMILES string of the molecule is Cc1c(C(=O)OC(C)(C)C)nc(C(C)(C)C)n1Cc1ccc(C=O)cc1C(F)(F)F. The van der Waals surface area contributed by atoms with Gasteiger partial charge in [-0.25, -0.2) is 9.78 Å². The van der Waals surface area contributed by atoms with Crippen molar-refractivity contribution >= 4 is 12.3 Å². The van der Waals surface area contributed by atoms with E-state index in [1.54, 1.807) is 32.3 Å². The summed E-state index contributed by atoms with van der Waals surface area (Å²) in [7, 11) is 0. The summed E-state index contributed by atoms with van der Waals surface area (Å²) in [5.74, 6) is -0.162. The van der Waals surface area contributed by atoms with Gasteiger partial charge in [-0.15, -0.1) is 0 Å². The number of carbonyl (C=O) groups excluding carboxylic acids is 2. The van der Waals surface area contributed by atoms with E-state index >= 15 is 0 Å². The van der Waals surface area contributed by atoms with Crippen LogP contribution in [0.15, 0.2) is 18.2 Å². The highest BCUT2D eigenvalue weighted by Gasteiger charge is 2.35. The van der Waals surface area contributed by atoms with E-state index in [0.29, 0.717) is 17.8 Å². The van der Waals surface area contributed by atoms with Crippen molar-refractivity contribution in [3.05, 3.63) is 52.1 Å². The fraction of sp³-hybridized carbons (Fsp3) is 0.500. The first kappa shape index (κ1) is 23.6. The number of aldehydes is 1. The highest BCUT2D eigenvalue weighted by atomic mass is 19.4. The Morgan fingerprint density at radius 1 is 1.13 bits per heavy atom. The average Bonchev–Trinajstić information content (AvgIpc) is 2.90. The molecule has 0 bridgehead atoms. The van der Waals surface area contributed by atoms with Gasteiger partial charge in [0, 0.05) is 23.2 Å². The topological polar surface area (TPSA) is 61.2 Å². The van der Waals surface area contributed by atoms with Crippen molar-refractivity contribution in [2.75, 3.05) is 0 Å². The highest BCUT2D eigenvalue weighted by molar-refractivity contribution is 5.89. The van der Waals surface area contributed by atoms with E-state index in [0.717, 1.165) is 6.07 Å². The molecule has 0 unspecified atom stereocenters. The largest absolute Gasteiger partial charge is 0.455 e. The maximum absolute atomic E-state index is 13.6. The van der Waals surface area contributed by atoms with Gasteiger partial charge < -0.3 is 9.30 Å². The molecule has 0 saturated heterocycles. The molecule has 30 heavy (non-hydrogen) atoms. The van der Waals surface area contributed by atoms with E-state index in [1.807, 2.05) is 20.8 Å². The number of halogens is 3. The van der Waals surface area contributed by atoms with Crippen LogP contribution >= 0.6 is 0 Å². The number of hydrogen-bond acceptors (Lipinski definition) is 4. The molecule has 0 aliphatic heterocycles. The molecule has 0 atom stereocenters. The van der Waals surface area contributed by atoms with E-state index in [4.69, 9.17) is 4.74 Å². The molecule has 0 fully saturated rings. The molecular weight excluding hydrogens is 397 g/mol. The Hall–Kier alpha value is -2.64. The fourth-order valence-corrected chi connectivity index (χ4v) is 3.06.